The second kappa shape index (κ2) is 6.30. The number of carbonyl (C=O) groups is 1. The number of aromatic amines is 1. The first kappa shape index (κ1) is 15.4. The number of benzene rings is 2. The minimum absolute atomic E-state index is 0.0835. The molecule has 0 aliphatic carbocycles. The van der Waals surface area contributed by atoms with Crippen LogP contribution in [0.3, 0.4) is 0 Å². The standard InChI is InChI=1S/C17H12FN5O/c1-10-20-16(23-22-10)12-2-4-15(5-3-12)21-17(24)13-6-11(9-19)7-14(18)8-13/h2-8H,1H3,(H,21,24)(H,20,22,23). The number of rotatable bonds is 3. The Hall–Kier alpha value is -3.53. The smallest absolute Gasteiger partial charge is 0.255 e. The summed E-state index contributed by atoms with van der Waals surface area (Å²) < 4.78 is 13.4. The van der Waals surface area contributed by atoms with Gasteiger partial charge in [-0.05, 0) is 49.4 Å². The van der Waals surface area contributed by atoms with Crippen molar-refractivity contribution < 1.29 is 9.18 Å². The van der Waals surface area contributed by atoms with Crippen molar-refractivity contribution in [1.82, 2.24) is 15.2 Å². The summed E-state index contributed by atoms with van der Waals surface area (Å²) in [7, 11) is 0. The molecule has 0 aliphatic heterocycles. The van der Waals surface area contributed by atoms with Gasteiger partial charge in [-0.1, -0.05) is 0 Å². The molecule has 3 aromatic rings. The van der Waals surface area contributed by atoms with Gasteiger partial charge in [0.05, 0.1) is 11.6 Å². The fourth-order valence-corrected chi connectivity index (χ4v) is 2.16. The van der Waals surface area contributed by atoms with Gasteiger partial charge < -0.3 is 5.32 Å². The number of nitrogens with zero attached hydrogens (tertiary/aromatic N) is 3. The zero-order valence-corrected chi connectivity index (χ0v) is 12.7. The first-order valence-corrected chi connectivity index (χ1v) is 7.06. The molecular weight excluding hydrogens is 309 g/mol. The quantitative estimate of drug-likeness (QED) is 0.775. The minimum Gasteiger partial charge on any atom is -0.322 e. The molecule has 1 amide bonds. The van der Waals surface area contributed by atoms with E-state index in [1.54, 1.807) is 31.2 Å². The predicted octanol–water partition coefficient (Wildman–Crippen LogP) is 3.04. The van der Waals surface area contributed by atoms with Crippen LogP contribution in [0.5, 0.6) is 0 Å². The molecule has 0 atom stereocenters. The average Bonchev–Trinajstić information content (AvgIpc) is 3.01. The number of nitriles is 1. The lowest BCUT2D eigenvalue weighted by Gasteiger charge is -2.06. The number of carbonyl (C=O) groups excluding carboxylic acids is 1. The van der Waals surface area contributed by atoms with Crippen LogP contribution >= 0.6 is 0 Å². The maximum absolute atomic E-state index is 13.4. The molecule has 0 unspecified atom stereocenters. The summed E-state index contributed by atoms with van der Waals surface area (Å²) in [6.45, 7) is 1.81. The summed E-state index contributed by atoms with van der Waals surface area (Å²) in [6.07, 6.45) is 0. The van der Waals surface area contributed by atoms with E-state index in [9.17, 15) is 9.18 Å². The van der Waals surface area contributed by atoms with Gasteiger partial charge >= 0.3 is 0 Å². The van der Waals surface area contributed by atoms with Gasteiger partial charge in [-0.2, -0.15) is 10.4 Å². The monoisotopic (exact) mass is 321 g/mol. The average molecular weight is 321 g/mol. The van der Waals surface area contributed by atoms with Crippen LogP contribution in [0.4, 0.5) is 10.1 Å². The highest BCUT2D eigenvalue weighted by atomic mass is 19.1. The molecule has 2 aromatic carbocycles. The van der Waals surface area contributed by atoms with E-state index < -0.39 is 11.7 Å². The molecule has 0 bridgehead atoms. The van der Waals surface area contributed by atoms with Gasteiger partial charge in [0.1, 0.15) is 11.6 Å². The van der Waals surface area contributed by atoms with Crippen LogP contribution in [0.2, 0.25) is 0 Å². The Balaban J connectivity index is 1.78. The van der Waals surface area contributed by atoms with Crippen molar-refractivity contribution in [3.63, 3.8) is 0 Å². The van der Waals surface area contributed by atoms with E-state index in [1.807, 2.05) is 6.07 Å². The lowest BCUT2D eigenvalue weighted by atomic mass is 10.1. The van der Waals surface area contributed by atoms with Gasteiger partial charge in [-0.15, -0.1) is 0 Å². The van der Waals surface area contributed by atoms with Crippen molar-refractivity contribution in [1.29, 1.82) is 5.26 Å². The lowest BCUT2D eigenvalue weighted by Crippen LogP contribution is -2.12. The summed E-state index contributed by atoms with van der Waals surface area (Å²) in [5.41, 5.74) is 1.52. The molecule has 24 heavy (non-hydrogen) atoms. The zero-order valence-electron chi connectivity index (χ0n) is 12.7. The fourth-order valence-electron chi connectivity index (χ4n) is 2.16. The number of aryl methyl sites for hydroxylation is 1. The van der Waals surface area contributed by atoms with Gasteiger partial charge in [-0.3, -0.25) is 9.89 Å². The summed E-state index contributed by atoms with van der Waals surface area (Å²) in [5, 5.41) is 18.3. The van der Waals surface area contributed by atoms with Crippen LogP contribution < -0.4 is 5.32 Å². The van der Waals surface area contributed by atoms with Crippen molar-refractivity contribution in [2.24, 2.45) is 0 Å². The Kier molecular flexibility index (Phi) is 4.03. The number of nitrogens with one attached hydrogen (secondary N) is 2. The maximum Gasteiger partial charge on any atom is 0.255 e. The topological polar surface area (TPSA) is 94.5 Å². The van der Waals surface area contributed by atoms with E-state index in [1.165, 1.54) is 6.07 Å². The summed E-state index contributed by atoms with van der Waals surface area (Å²) in [6, 6.07) is 12.2. The molecule has 0 radical (unpaired) electrons. The Morgan fingerprint density at radius 1 is 1.25 bits per heavy atom. The maximum atomic E-state index is 13.4. The molecule has 7 heteroatoms. The molecule has 118 valence electrons. The first-order valence-electron chi connectivity index (χ1n) is 7.06. The summed E-state index contributed by atoms with van der Waals surface area (Å²) >= 11 is 0. The first-order chi connectivity index (χ1) is 11.5. The number of H-pyrrole nitrogens is 1. The van der Waals surface area contributed by atoms with E-state index in [2.05, 4.69) is 20.5 Å². The molecule has 0 aliphatic rings. The SMILES string of the molecule is Cc1nc(-c2ccc(NC(=O)c3cc(F)cc(C#N)c3)cc2)n[nH]1. The van der Waals surface area contributed by atoms with Gasteiger partial charge in [0, 0.05) is 16.8 Å². The molecule has 0 fully saturated rings. The molecule has 0 saturated carbocycles. The van der Waals surface area contributed by atoms with Crippen molar-refractivity contribution >= 4 is 11.6 Å². The highest BCUT2D eigenvalue weighted by Gasteiger charge is 2.10. The zero-order chi connectivity index (χ0) is 17.1. The molecule has 2 N–H and O–H groups in total. The van der Waals surface area contributed by atoms with Crippen LogP contribution in [0, 0.1) is 24.1 Å². The lowest BCUT2D eigenvalue weighted by molar-refractivity contribution is 0.102. The number of hydrogen-bond donors (Lipinski definition) is 2. The normalized spacial score (nSPS) is 10.2. The Bertz CT molecular complexity index is 940. The Labute approximate surface area is 137 Å². The van der Waals surface area contributed by atoms with E-state index >= 15 is 0 Å². The number of aromatic nitrogens is 3. The highest BCUT2D eigenvalue weighted by molar-refractivity contribution is 6.04. The van der Waals surface area contributed by atoms with Gasteiger partial charge in [-0.25, -0.2) is 9.37 Å². The van der Waals surface area contributed by atoms with Crippen LogP contribution in [0.1, 0.15) is 21.7 Å². The fraction of sp³-hybridized carbons (Fsp3) is 0.0588. The van der Waals surface area contributed by atoms with Gasteiger partial charge in [0.15, 0.2) is 5.82 Å². The third-order valence-electron chi connectivity index (χ3n) is 3.29. The van der Waals surface area contributed by atoms with E-state index in [4.69, 9.17) is 5.26 Å². The van der Waals surface area contributed by atoms with Crippen molar-refractivity contribution in [2.45, 2.75) is 6.92 Å². The van der Waals surface area contributed by atoms with Gasteiger partial charge in [0.2, 0.25) is 0 Å². The molecule has 0 saturated heterocycles. The second-order valence-corrected chi connectivity index (χ2v) is 5.12. The molecule has 1 heterocycles. The summed E-state index contributed by atoms with van der Waals surface area (Å²) in [4.78, 5) is 16.4. The van der Waals surface area contributed by atoms with Crippen molar-refractivity contribution in [3.8, 4) is 17.5 Å². The predicted molar refractivity (Wildman–Crippen MR) is 85.6 cm³/mol. The summed E-state index contributed by atoms with van der Waals surface area (Å²) in [5.74, 6) is 0.151. The van der Waals surface area contributed by atoms with E-state index in [0.29, 0.717) is 17.3 Å². The number of halogens is 1. The van der Waals surface area contributed by atoms with E-state index in [0.717, 1.165) is 17.7 Å². The molecule has 1 aromatic heterocycles. The second-order valence-electron chi connectivity index (χ2n) is 5.12. The van der Waals surface area contributed by atoms with Crippen LogP contribution in [0.25, 0.3) is 11.4 Å². The van der Waals surface area contributed by atoms with Crippen LogP contribution in [-0.2, 0) is 0 Å². The highest BCUT2D eigenvalue weighted by Crippen LogP contribution is 2.19. The molecule has 0 spiro atoms. The van der Waals surface area contributed by atoms with Crippen LogP contribution in [0.15, 0.2) is 42.5 Å². The van der Waals surface area contributed by atoms with Gasteiger partial charge in [0.25, 0.3) is 5.91 Å². The molecule has 6 nitrogen and oxygen atoms in total. The third-order valence-corrected chi connectivity index (χ3v) is 3.29. The third kappa shape index (κ3) is 3.28. The number of amides is 1. The van der Waals surface area contributed by atoms with E-state index in [-0.39, 0.29) is 11.1 Å². The van der Waals surface area contributed by atoms with Crippen molar-refractivity contribution in [2.75, 3.05) is 5.32 Å². The number of anilines is 1. The Morgan fingerprint density at radius 2 is 2.00 bits per heavy atom. The van der Waals surface area contributed by atoms with Crippen LogP contribution in [-0.4, -0.2) is 21.1 Å². The minimum atomic E-state index is -0.630. The Morgan fingerprint density at radius 3 is 2.62 bits per heavy atom. The molecular formula is C17H12FN5O. The van der Waals surface area contributed by atoms with Crippen molar-refractivity contribution in [3.05, 3.63) is 65.2 Å². The largest absolute Gasteiger partial charge is 0.322 e. The molecule has 3 rings (SSSR count). The number of hydrogen-bond acceptors (Lipinski definition) is 4.